The highest BCUT2D eigenvalue weighted by Crippen LogP contribution is 2.20. The summed E-state index contributed by atoms with van der Waals surface area (Å²) in [5.41, 5.74) is 3.25. The molecule has 6 heteroatoms. The molecule has 1 saturated heterocycles. The number of aromatic carboxylic acids is 1. The first-order chi connectivity index (χ1) is 11.6. The summed E-state index contributed by atoms with van der Waals surface area (Å²) in [5.74, 6) is 0.0698. The van der Waals surface area contributed by atoms with E-state index in [-0.39, 0.29) is 0 Å². The van der Waals surface area contributed by atoms with Crippen LogP contribution in [0, 0.1) is 6.92 Å². The first-order valence-corrected chi connectivity index (χ1v) is 8.00. The third-order valence-corrected chi connectivity index (χ3v) is 4.09. The lowest BCUT2D eigenvalue weighted by Crippen LogP contribution is -2.36. The SMILES string of the molecule is Cc1nc(N2CCOCC2)ccc1NCc1ccc(C(=O)O)cc1. The van der Waals surface area contributed by atoms with Crippen molar-refractivity contribution in [3.63, 3.8) is 0 Å². The number of morpholine rings is 1. The molecule has 24 heavy (non-hydrogen) atoms. The van der Waals surface area contributed by atoms with E-state index in [1.54, 1.807) is 12.1 Å². The molecule has 0 radical (unpaired) electrons. The molecule has 0 atom stereocenters. The fourth-order valence-corrected chi connectivity index (χ4v) is 2.67. The Morgan fingerprint density at radius 3 is 2.54 bits per heavy atom. The largest absolute Gasteiger partial charge is 0.478 e. The number of aryl methyl sites for hydroxylation is 1. The predicted molar refractivity (Wildman–Crippen MR) is 92.7 cm³/mol. The minimum absolute atomic E-state index is 0.298. The van der Waals surface area contributed by atoms with Crippen LogP contribution in [0.4, 0.5) is 11.5 Å². The average molecular weight is 327 g/mol. The lowest BCUT2D eigenvalue weighted by molar-refractivity contribution is 0.0697. The van der Waals surface area contributed by atoms with Gasteiger partial charge in [-0.15, -0.1) is 0 Å². The van der Waals surface area contributed by atoms with E-state index in [0.717, 1.165) is 49.1 Å². The van der Waals surface area contributed by atoms with E-state index in [2.05, 4.69) is 15.2 Å². The molecule has 1 aliphatic heterocycles. The van der Waals surface area contributed by atoms with Crippen LogP contribution >= 0.6 is 0 Å². The molecule has 2 heterocycles. The second-order valence-electron chi connectivity index (χ2n) is 5.76. The molecule has 2 aromatic rings. The number of nitrogens with zero attached hydrogens (tertiary/aromatic N) is 2. The number of aromatic nitrogens is 1. The Bertz CT molecular complexity index is 710. The van der Waals surface area contributed by atoms with Crippen molar-refractivity contribution in [2.45, 2.75) is 13.5 Å². The summed E-state index contributed by atoms with van der Waals surface area (Å²) in [5, 5.41) is 12.3. The molecule has 1 aromatic carbocycles. The first-order valence-electron chi connectivity index (χ1n) is 8.00. The molecule has 0 spiro atoms. The van der Waals surface area contributed by atoms with E-state index in [4.69, 9.17) is 9.84 Å². The molecule has 0 aliphatic carbocycles. The molecule has 126 valence electrons. The molecule has 3 rings (SSSR count). The number of rotatable bonds is 5. The third kappa shape index (κ3) is 3.83. The van der Waals surface area contributed by atoms with E-state index < -0.39 is 5.97 Å². The van der Waals surface area contributed by atoms with Gasteiger partial charge in [0.25, 0.3) is 0 Å². The van der Waals surface area contributed by atoms with Gasteiger partial charge >= 0.3 is 5.97 Å². The van der Waals surface area contributed by atoms with E-state index >= 15 is 0 Å². The van der Waals surface area contributed by atoms with Gasteiger partial charge in [0.1, 0.15) is 5.82 Å². The van der Waals surface area contributed by atoms with Crippen LogP contribution in [-0.4, -0.2) is 42.4 Å². The van der Waals surface area contributed by atoms with Crippen LogP contribution in [0.1, 0.15) is 21.6 Å². The number of hydrogen-bond donors (Lipinski definition) is 2. The van der Waals surface area contributed by atoms with Crippen molar-refractivity contribution in [2.75, 3.05) is 36.5 Å². The highest BCUT2D eigenvalue weighted by Gasteiger charge is 2.13. The number of anilines is 2. The van der Waals surface area contributed by atoms with Gasteiger partial charge in [0.05, 0.1) is 30.2 Å². The van der Waals surface area contributed by atoms with Crippen LogP contribution in [0.2, 0.25) is 0 Å². The summed E-state index contributed by atoms with van der Waals surface area (Å²) in [7, 11) is 0. The van der Waals surface area contributed by atoms with Crippen LogP contribution in [0.5, 0.6) is 0 Å². The Labute approximate surface area is 141 Å². The average Bonchev–Trinajstić information content (AvgIpc) is 2.62. The van der Waals surface area contributed by atoms with Gasteiger partial charge in [0.2, 0.25) is 0 Å². The maximum Gasteiger partial charge on any atom is 0.335 e. The van der Waals surface area contributed by atoms with Gasteiger partial charge in [-0.25, -0.2) is 9.78 Å². The second kappa shape index (κ2) is 7.31. The number of carboxylic acid groups (broad SMARTS) is 1. The molecular weight excluding hydrogens is 306 g/mol. The van der Waals surface area contributed by atoms with E-state index in [9.17, 15) is 4.79 Å². The molecule has 0 unspecified atom stereocenters. The van der Waals surface area contributed by atoms with Crippen LogP contribution < -0.4 is 10.2 Å². The van der Waals surface area contributed by atoms with Crippen molar-refractivity contribution < 1.29 is 14.6 Å². The topological polar surface area (TPSA) is 74.7 Å². The van der Waals surface area contributed by atoms with Gasteiger partial charge in [0, 0.05) is 19.6 Å². The normalized spacial score (nSPS) is 14.5. The van der Waals surface area contributed by atoms with Gasteiger partial charge in [0.15, 0.2) is 0 Å². The predicted octanol–water partition coefficient (Wildman–Crippen LogP) is 2.54. The molecule has 1 fully saturated rings. The van der Waals surface area contributed by atoms with Gasteiger partial charge < -0.3 is 20.1 Å². The van der Waals surface area contributed by atoms with Gasteiger partial charge in [-0.3, -0.25) is 0 Å². The number of nitrogens with one attached hydrogen (secondary N) is 1. The summed E-state index contributed by atoms with van der Waals surface area (Å²) in [4.78, 5) is 17.8. The molecule has 6 nitrogen and oxygen atoms in total. The zero-order chi connectivity index (χ0) is 16.9. The Kier molecular flexibility index (Phi) is 4.96. The van der Waals surface area contributed by atoms with Crippen molar-refractivity contribution >= 4 is 17.5 Å². The minimum atomic E-state index is -0.909. The standard InChI is InChI=1S/C18H21N3O3/c1-13-16(6-7-17(20-13)21-8-10-24-11-9-21)19-12-14-2-4-15(5-3-14)18(22)23/h2-7,19H,8-12H2,1H3,(H,22,23). The summed E-state index contributed by atoms with van der Waals surface area (Å²) in [6.07, 6.45) is 0. The maximum absolute atomic E-state index is 10.9. The summed E-state index contributed by atoms with van der Waals surface area (Å²) in [6, 6.07) is 10.9. The van der Waals surface area contributed by atoms with Crippen molar-refractivity contribution in [3.8, 4) is 0 Å². The first kappa shape index (κ1) is 16.3. The number of carboxylic acids is 1. The Morgan fingerprint density at radius 2 is 1.92 bits per heavy atom. The van der Waals surface area contributed by atoms with Crippen molar-refractivity contribution in [3.05, 3.63) is 53.2 Å². The smallest absolute Gasteiger partial charge is 0.335 e. The van der Waals surface area contributed by atoms with Crippen molar-refractivity contribution in [1.29, 1.82) is 0 Å². The molecule has 1 aromatic heterocycles. The van der Waals surface area contributed by atoms with E-state index in [1.807, 2.05) is 31.2 Å². The highest BCUT2D eigenvalue weighted by atomic mass is 16.5. The number of benzene rings is 1. The summed E-state index contributed by atoms with van der Waals surface area (Å²) in [6.45, 7) is 5.84. The van der Waals surface area contributed by atoms with Crippen LogP contribution in [0.15, 0.2) is 36.4 Å². The van der Waals surface area contributed by atoms with Crippen molar-refractivity contribution in [1.82, 2.24) is 4.98 Å². The fourth-order valence-electron chi connectivity index (χ4n) is 2.67. The Balaban J connectivity index is 1.63. The summed E-state index contributed by atoms with van der Waals surface area (Å²) >= 11 is 0. The lowest BCUT2D eigenvalue weighted by Gasteiger charge is -2.28. The molecule has 0 bridgehead atoms. The fraction of sp³-hybridized carbons (Fsp3) is 0.333. The molecule has 2 N–H and O–H groups in total. The van der Waals surface area contributed by atoms with E-state index in [0.29, 0.717) is 12.1 Å². The quantitative estimate of drug-likeness (QED) is 0.879. The second-order valence-corrected chi connectivity index (χ2v) is 5.76. The molecule has 0 saturated carbocycles. The molecule has 1 aliphatic rings. The highest BCUT2D eigenvalue weighted by molar-refractivity contribution is 5.87. The van der Waals surface area contributed by atoms with Crippen LogP contribution in [0.25, 0.3) is 0 Å². The number of carbonyl (C=O) groups is 1. The van der Waals surface area contributed by atoms with E-state index in [1.165, 1.54) is 0 Å². The Hall–Kier alpha value is -2.60. The summed E-state index contributed by atoms with van der Waals surface area (Å²) < 4.78 is 5.37. The third-order valence-electron chi connectivity index (χ3n) is 4.09. The number of pyridine rings is 1. The number of hydrogen-bond acceptors (Lipinski definition) is 5. The zero-order valence-corrected chi connectivity index (χ0v) is 13.7. The van der Waals surface area contributed by atoms with Crippen LogP contribution in [0.3, 0.4) is 0 Å². The van der Waals surface area contributed by atoms with Gasteiger partial charge in [-0.1, -0.05) is 12.1 Å². The monoisotopic (exact) mass is 327 g/mol. The minimum Gasteiger partial charge on any atom is -0.478 e. The van der Waals surface area contributed by atoms with Gasteiger partial charge in [-0.2, -0.15) is 0 Å². The molecular formula is C18H21N3O3. The lowest BCUT2D eigenvalue weighted by atomic mass is 10.1. The van der Waals surface area contributed by atoms with Crippen LogP contribution in [-0.2, 0) is 11.3 Å². The van der Waals surface area contributed by atoms with Gasteiger partial charge in [-0.05, 0) is 36.8 Å². The maximum atomic E-state index is 10.9. The van der Waals surface area contributed by atoms with Crippen molar-refractivity contribution in [2.24, 2.45) is 0 Å². The Morgan fingerprint density at radius 1 is 1.21 bits per heavy atom. The zero-order valence-electron chi connectivity index (χ0n) is 13.7. The molecule has 0 amide bonds. The number of ether oxygens (including phenoxy) is 1.